The summed E-state index contributed by atoms with van der Waals surface area (Å²) in [6.45, 7) is 4.34. The predicted octanol–water partition coefficient (Wildman–Crippen LogP) is 4.70. The maximum atomic E-state index is 11.5. The lowest BCUT2D eigenvalue weighted by Gasteiger charge is -2.26. The fraction of sp³-hybridized carbons (Fsp3) is 0.400. The van der Waals surface area contributed by atoms with Gasteiger partial charge in [0, 0.05) is 26.1 Å². The Bertz CT molecular complexity index is 939. The van der Waals surface area contributed by atoms with E-state index in [1.54, 1.807) is 27.2 Å². The number of methoxy groups -OCH3 is 2. The van der Waals surface area contributed by atoms with Gasteiger partial charge in [0.15, 0.2) is 11.7 Å². The first-order chi connectivity index (χ1) is 15.4. The first-order valence-electron chi connectivity index (χ1n) is 10.3. The van der Waals surface area contributed by atoms with E-state index in [-0.39, 0.29) is 5.92 Å². The van der Waals surface area contributed by atoms with Crippen LogP contribution in [-0.4, -0.2) is 50.2 Å². The number of allylic oxidation sites excluding steroid dienone is 3. The maximum Gasteiger partial charge on any atom is 0.333 e. The molecule has 2 unspecified atom stereocenters. The van der Waals surface area contributed by atoms with Crippen molar-refractivity contribution in [1.82, 2.24) is 0 Å². The Kier molecular flexibility index (Phi) is 10.3. The molecule has 0 amide bonds. The van der Waals surface area contributed by atoms with Crippen LogP contribution in [0.5, 0.6) is 5.75 Å². The molecule has 0 spiro atoms. The topological polar surface area (TPSA) is 74.2 Å². The molecule has 1 aromatic rings. The molecule has 3 atom stereocenters. The van der Waals surface area contributed by atoms with E-state index in [1.165, 1.54) is 0 Å². The molecule has 0 radical (unpaired) electrons. The van der Waals surface area contributed by atoms with E-state index in [0.717, 1.165) is 20.6 Å². The van der Waals surface area contributed by atoms with E-state index in [1.807, 2.05) is 49.4 Å². The zero-order valence-corrected chi connectivity index (χ0v) is 20.9. The summed E-state index contributed by atoms with van der Waals surface area (Å²) in [5, 5.41) is 9.40. The van der Waals surface area contributed by atoms with Crippen LogP contribution in [0.4, 0.5) is 0 Å². The molecule has 32 heavy (non-hydrogen) atoms. The molecule has 0 aliphatic heterocycles. The van der Waals surface area contributed by atoms with Crippen LogP contribution in [0.1, 0.15) is 31.7 Å². The zero-order chi connectivity index (χ0) is 23.6. The third-order valence-corrected chi connectivity index (χ3v) is 5.90. The van der Waals surface area contributed by atoms with Crippen LogP contribution in [0.25, 0.3) is 0 Å². The summed E-state index contributed by atoms with van der Waals surface area (Å²) >= 11 is 2.18. The Morgan fingerprint density at radius 2 is 2.16 bits per heavy atom. The van der Waals surface area contributed by atoms with Gasteiger partial charge >= 0.3 is 5.97 Å². The van der Waals surface area contributed by atoms with Gasteiger partial charge in [-0.3, -0.25) is 0 Å². The van der Waals surface area contributed by atoms with E-state index in [9.17, 15) is 9.90 Å². The van der Waals surface area contributed by atoms with Crippen LogP contribution in [0, 0.1) is 15.4 Å². The second-order valence-corrected chi connectivity index (χ2v) is 8.30. The van der Waals surface area contributed by atoms with Crippen molar-refractivity contribution in [3.63, 3.8) is 0 Å². The Balaban J connectivity index is 1.96. The molecule has 1 aliphatic rings. The average Bonchev–Trinajstić information content (AvgIpc) is 2.80. The Morgan fingerprint density at radius 1 is 1.38 bits per heavy atom. The summed E-state index contributed by atoms with van der Waals surface area (Å²) in [7, 11) is 3.26. The molecule has 0 heterocycles. The molecule has 0 aromatic heterocycles. The van der Waals surface area contributed by atoms with Crippen molar-refractivity contribution >= 4 is 28.6 Å². The quantitative estimate of drug-likeness (QED) is 0.335. The number of benzene rings is 1. The summed E-state index contributed by atoms with van der Waals surface area (Å²) in [5.41, 5.74) is 0.196. The SMILES string of the molecule is CCO[C@H](C(=O)O)C(C)c1ccc(OC/C=C/C#CC2(OC)C=CC=C(OC)C2)c(I)c1. The Hall–Kier alpha value is -2.28. The van der Waals surface area contributed by atoms with Crippen molar-refractivity contribution < 1.29 is 28.8 Å². The number of aliphatic carboxylic acids is 1. The smallest absolute Gasteiger partial charge is 0.333 e. The molecule has 0 bridgehead atoms. The second-order valence-electron chi connectivity index (χ2n) is 7.14. The highest BCUT2D eigenvalue weighted by molar-refractivity contribution is 14.1. The van der Waals surface area contributed by atoms with Gasteiger partial charge in [-0.05, 0) is 71.5 Å². The minimum atomic E-state index is -0.964. The van der Waals surface area contributed by atoms with Crippen molar-refractivity contribution in [2.24, 2.45) is 0 Å². The number of carboxylic acid groups (broad SMARTS) is 1. The van der Waals surface area contributed by atoms with E-state index < -0.39 is 17.7 Å². The summed E-state index contributed by atoms with van der Waals surface area (Å²) < 4.78 is 23.0. The lowest BCUT2D eigenvalue weighted by molar-refractivity contribution is -0.151. The van der Waals surface area contributed by atoms with Crippen LogP contribution < -0.4 is 4.74 Å². The van der Waals surface area contributed by atoms with E-state index in [4.69, 9.17) is 18.9 Å². The first-order valence-corrected chi connectivity index (χ1v) is 11.4. The van der Waals surface area contributed by atoms with Crippen LogP contribution in [-0.2, 0) is 19.0 Å². The van der Waals surface area contributed by atoms with Gasteiger partial charge in [-0.2, -0.15) is 0 Å². The minimum Gasteiger partial charge on any atom is -0.501 e. The standard InChI is InChI=1S/C25H29IO6/c1-5-31-23(24(27)28)18(2)19-11-12-22(21(26)16-19)32-15-8-6-7-13-25(30-4)14-9-10-20(17-25)29-3/h6,8-12,14,16,18,23H,5,15,17H2,1-4H3,(H,27,28)/b8-6+/t18?,23-,25?/m0/s1. The third kappa shape index (κ3) is 7.12. The molecule has 0 fully saturated rings. The summed E-state index contributed by atoms with van der Waals surface area (Å²) in [5.74, 6) is 6.44. The van der Waals surface area contributed by atoms with Gasteiger partial charge in [0.1, 0.15) is 12.4 Å². The van der Waals surface area contributed by atoms with Crippen LogP contribution in [0.15, 0.2) is 54.3 Å². The van der Waals surface area contributed by atoms with Crippen molar-refractivity contribution in [1.29, 1.82) is 0 Å². The highest BCUT2D eigenvalue weighted by atomic mass is 127. The number of carboxylic acids is 1. The molecule has 0 saturated heterocycles. The molecule has 172 valence electrons. The number of carbonyl (C=O) groups is 1. The normalized spacial score (nSPS) is 19.6. The first kappa shape index (κ1) is 26.0. The van der Waals surface area contributed by atoms with Gasteiger partial charge in [-0.15, -0.1) is 0 Å². The van der Waals surface area contributed by atoms with Gasteiger partial charge in [0.25, 0.3) is 0 Å². The third-order valence-electron chi connectivity index (χ3n) is 5.06. The number of halogens is 1. The fourth-order valence-corrected chi connectivity index (χ4v) is 3.91. The molecule has 7 heteroatoms. The minimum absolute atomic E-state index is 0.277. The lowest BCUT2D eigenvalue weighted by Crippen LogP contribution is -2.29. The number of ether oxygens (including phenoxy) is 4. The van der Waals surface area contributed by atoms with Crippen molar-refractivity contribution in [2.45, 2.75) is 37.9 Å². The van der Waals surface area contributed by atoms with Crippen LogP contribution in [0.2, 0.25) is 0 Å². The van der Waals surface area contributed by atoms with Gasteiger partial charge in [0.2, 0.25) is 0 Å². The Morgan fingerprint density at radius 3 is 2.78 bits per heavy atom. The second kappa shape index (κ2) is 12.7. The Labute approximate surface area is 203 Å². The average molecular weight is 552 g/mol. The van der Waals surface area contributed by atoms with Crippen molar-refractivity contribution in [3.05, 3.63) is 63.5 Å². The monoisotopic (exact) mass is 552 g/mol. The maximum absolute atomic E-state index is 11.5. The summed E-state index contributed by atoms with van der Waals surface area (Å²) in [6, 6.07) is 5.65. The molecular weight excluding hydrogens is 523 g/mol. The van der Waals surface area contributed by atoms with Crippen LogP contribution in [0.3, 0.4) is 0 Å². The van der Waals surface area contributed by atoms with E-state index >= 15 is 0 Å². The van der Waals surface area contributed by atoms with Gasteiger partial charge in [-0.1, -0.05) is 30.9 Å². The molecule has 6 nitrogen and oxygen atoms in total. The largest absolute Gasteiger partial charge is 0.501 e. The number of hydrogen-bond acceptors (Lipinski definition) is 5. The van der Waals surface area contributed by atoms with Gasteiger partial charge in [-0.25, -0.2) is 4.79 Å². The zero-order valence-electron chi connectivity index (χ0n) is 18.8. The molecule has 1 aliphatic carbocycles. The van der Waals surface area contributed by atoms with Gasteiger partial charge in [0.05, 0.1) is 16.4 Å². The molecular formula is C25H29IO6. The van der Waals surface area contributed by atoms with E-state index in [2.05, 4.69) is 34.4 Å². The highest BCUT2D eigenvalue weighted by Gasteiger charge is 2.28. The number of rotatable bonds is 10. The molecule has 0 saturated carbocycles. The lowest BCUT2D eigenvalue weighted by atomic mass is 9.94. The molecule has 2 rings (SSSR count). The van der Waals surface area contributed by atoms with Crippen LogP contribution >= 0.6 is 22.6 Å². The van der Waals surface area contributed by atoms with E-state index in [0.29, 0.717) is 19.6 Å². The van der Waals surface area contributed by atoms with Gasteiger partial charge < -0.3 is 24.1 Å². The highest BCUT2D eigenvalue weighted by Crippen LogP contribution is 2.29. The molecule has 1 N–H and O–H groups in total. The predicted molar refractivity (Wildman–Crippen MR) is 132 cm³/mol. The summed E-state index contributed by atoms with van der Waals surface area (Å²) in [6.07, 6.45) is 8.94. The fourth-order valence-electron chi connectivity index (χ4n) is 3.21. The summed E-state index contributed by atoms with van der Waals surface area (Å²) in [4.78, 5) is 11.5. The molecule has 1 aromatic carbocycles. The number of hydrogen-bond donors (Lipinski definition) is 1. The van der Waals surface area contributed by atoms with Crippen molar-refractivity contribution in [2.75, 3.05) is 27.4 Å². The van der Waals surface area contributed by atoms with Crippen molar-refractivity contribution in [3.8, 4) is 17.6 Å².